The van der Waals surface area contributed by atoms with E-state index in [-0.39, 0.29) is 11.4 Å². The highest BCUT2D eigenvalue weighted by molar-refractivity contribution is 9.10. The molecule has 0 bridgehead atoms. The van der Waals surface area contributed by atoms with Crippen molar-refractivity contribution in [1.29, 1.82) is 0 Å². The van der Waals surface area contributed by atoms with E-state index in [0.717, 1.165) is 10.7 Å². The van der Waals surface area contributed by atoms with Gasteiger partial charge in [0, 0.05) is 14.8 Å². The molecule has 1 aromatic heterocycles. The number of nitrogens with zero attached hydrogens (tertiary/aromatic N) is 5. The van der Waals surface area contributed by atoms with Crippen LogP contribution in [-0.4, -0.2) is 9.91 Å². The van der Waals surface area contributed by atoms with Gasteiger partial charge in [0.15, 0.2) is 0 Å². The lowest BCUT2D eigenvalue weighted by Gasteiger charge is -2.02. The minimum absolute atomic E-state index is 0.0243. The van der Waals surface area contributed by atoms with E-state index in [4.69, 9.17) is 5.53 Å². The molecule has 0 saturated carbocycles. The zero-order valence-corrected chi connectivity index (χ0v) is 9.83. The van der Waals surface area contributed by atoms with Gasteiger partial charge in [0.05, 0.1) is 10.4 Å². The van der Waals surface area contributed by atoms with Crippen LogP contribution in [0.4, 0.5) is 11.4 Å². The molecule has 2 rings (SSSR count). The molecule has 0 aliphatic carbocycles. The zero-order valence-electron chi connectivity index (χ0n) is 8.24. The fraction of sp³-hybridized carbons (Fsp3) is 0. The van der Waals surface area contributed by atoms with Crippen molar-refractivity contribution in [2.24, 2.45) is 5.11 Å². The van der Waals surface area contributed by atoms with Crippen molar-refractivity contribution in [3.63, 3.8) is 0 Å². The maximum atomic E-state index is 10.8. The average molecular weight is 294 g/mol. The summed E-state index contributed by atoms with van der Waals surface area (Å²) in [6.45, 7) is 0. The SMILES string of the molecule is [N-]=[N+]=Nc1c([N+](=O)[O-])cnc2ccc(Br)cc12. The summed E-state index contributed by atoms with van der Waals surface area (Å²) in [7, 11) is 0. The molecular weight excluding hydrogens is 290 g/mol. The third kappa shape index (κ3) is 2.03. The molecule has 0 unspecified atom stereocenters. The number of hydrogen-bond acceptors (Lipinski definition) is 4. The number of hydrogen-bond donors (Lipinski definition) is 0. The maximum absolute atomic E-state index is 10.8. The largest absolute Gasteiger partial charge is 0.297 e. The molecule has 0 spiro atoms. The van der Waals surface area contributed by atoms with Crippen LogP contribution in [0.1, 0.15) is 0 Å². The Labute approximate surface area is 103 Å². The zero-order chi connectivity index (χ0) is 12.4. The number of benzene rings is 1. The molecule has 0 atom stereocenters. The maximum Gasteiger partial charge on any atom is 0.297 e. The standard InChI is InChI=1S/C9H4BrN5O2/c10-5-1-2-7-6(3-5)9(13-14-11)8(4-12-7)15(16)17/h1-4H. The summed E-state index contributed by atoms with van der Waals surface area (Å²) in [5.74, 6) is 0. The number of aromatic nitrogens is 1. The van der Waals surface area contributed by atoms with Gasteiger partial charge < -0.3 is 0 Å². The lowest BCUT2D eigenvalue weighted by Crippen LogP contribution is -1.91. The number of rotatable bonds is 2. The van der Waals surface area contributed by atoms with Crippen LogP contribution in [-0.2, 0) is 0 Å². The van der Waals surface area contributed by atoms with Crippen LogP contribution in [0.25, 0.3) is 21.3 Å². The molecular formula is C9H4BrN5O2. The quantitative estimate of drug-likeness (QED) is 0.276. The average Bonchev–Trinajstić information content (AvgIpc) is 2.29. The van der Waals surface area contributed by atoms with E-state index in [9.17, 15) is 10.1 Å². The van der Waals surface area contributed by atoms with E-state index >= 15 is 0 Å². The van der Waals surface area contributed by atoms with Gasteiger partial charge in [-0.25, -0.2) is 4.98 Å². The third-order valence-electron chi connectivity index (χ3n) is 2.12. The van der Waals surface area contributed by atoms with Crippen molar-refractivity contribution < 1.29 is 4.92 Å². The van der Waals surface area contributed by atoms with Gasteiger partial charge in [0.25, 0.3) is 5.69 Å². The highest BCUT2D eigenvalue weighted by Gasteiger charge is 2.16. The van der Waals surface area contributed by atoms with E-state index in [2.05, 4.69) is 30.9 Å². The minimum Gasteiger partial charge on any atom is -0.258 e. The fourth-order valence-corrected chi connectivity index (χ4v) is 1.78. The topological polar surface area (TPSA) is 105 Å². The molecule has 0 aliphatic rings. The second kappa shape index (κ2) is 4.36. The minimum atomic E-state index is -0.628. The van der Waals surface area contributed by atoms with Crippen LogP contribution in [0.5, 0.6) is 0 Å². The number of fused-ring (bicyclic) bond motifs is 1. The summed E-state index contributed by atoms with van der Waals surface area (Å²) in [6, 6.07) is 5.06. The van der Waals surface area contributed by atoms with E-state index in [1.54, 1.807) is 18.2 Å². The van der Waals surface area contributed by atoms with Gasteiger partial charge in [-0.3, -0.25) is 10.1 Å². The van der Waals surface area contributed by atoms with Crippen LogP contribution in [0, 0.1) is 10.1 Å². The third-order valence-corrected chi connectivity index (χ3v) is 2.62. The summed E-state index contributed by atoms with van der Waals surface area (Å²) in [6.07, 6.45) is 1.08. The number of azide groups is 1. The predicted octanol–water partition coefficient (Wildman–Crippen LogP) is 3.85. The smallest absolute Gasteiger partial charge is 0.258 e. The summed E-state index contributed by atoms with van der Waals surface area (Å²) in [5, 5.41) is 14.6. The second-order valence-corrected chi connectivity index (χ2v) is 4.02. The normalized spacial score (nSPS) is 9.94. The van der Waals surface area contributed by atoms with Crippen LogP contribution in [0.15, 0.2) is 34.0 Å². The Hall–Kier alpha value is -2.18. The fourth-order valence-electron chi connectivity index (χ4n) is 1.42. The molecule has 2 aromatic rings. The van der Waals surface area contributed by atoms with Gasteiger partial charge in [-0.2, -0.15) is 0 Å². The predicted molar refractivity (Wildman–Crippen MR) is 64.9 cm³/mol. The molecule has 0 amide bonds. The van der Waals surface area contributed by atoms with Crippen LogP contribution >= 0.6 is 15.9 Å². The van der Waals surface area contributed by atoms with Gasteiger partial charge in [0.1, 0.15) is 11.9 Å². The van der Waals surface area contributed by atoms with Crippen molar-refractivity contribution in [2.75, 3.05) is 0 Å². The Morgan fingerprint density at radius 1 is 1.53 bits per heavy atom. The molecule has 0 N–H and O–H groups in total. The molecule has 8 heteroatoms. The van der Waals surface area contributed by atoms with E-state index < -0.39 is 4.92 Å². The van der Waals surface area contributed by atoms with Gasteiger partial charge in [0.2, 0.25) is 0 Å². The molecule has 0 fully saturated rings. The summed E-state index contributed by atoms with van der Waals surface area (Å²) in [4.78, 5) is 16.7. The highest BCUT2D eigenvalue weighted by atomic mass is 79.9. The van der Waals surface area contributed by atoms with Crippen molar-refractivity contribution in [3.05, 3.63) is 49.4 Å². The van der Waals surface area contributed by atoms with Crippen LogP contribution < -0.4 is 0 Å². The first-order valence-corrected chi connectivity index (χ1v) is 5.20. The lowest BCUT2D eigenvalue weighted by atomic mass is 10.2. The Morgan fingerprint density at radius 3 is 2.94 bits per heavy atom. The van der Waals surface area contributed by atoms with Gasteiger partial charge in [-0.15, -0.1) is 0 Å². The number of pyridine rings is 1. The molecule has 0 saturated heterocycles. The van der Waals surface area contributed by atoms with Crippen LogP contribution in [0.2, 0.25) is 0 Å². The Kier molecular flexibility index (Phi) is 2.90. The Bertz CT molecular complexity index is 666. The summed E-state index contributed by atoms with van der Waals surface area (Å²) in [5.41, 5.74) is 8.65. The second-order valence-electron chi connectivity index (χ2n) is 3.10. The Morgan fingerprint density at radius 2 is 2.29 bits per heavy atom. The van der Waals surface area contributed by atoms with Crippen molar-refractivity contribution in [3.8, 4) is 0 Å². The van der Waals surface area contributed by atoms with Crippen molar-refractivity contribution in [1.82, 2.24) is 4.98 Å². The molecule has 84 valence electrons. The first-order valence-electron chi connectivity index (χ1n) is 4.41. The van der Waals surface area contributed by atoms with Gasteiger partial charge in [-0.1, -0.05) is 21.0 Å². The van der Waals surface area contributed by atoms with E-state index in [1.807, 2.05) is 0 Å². The Balaban J connectivity index is 2.91. The van der Waals surface area contributed by atoms with Crippen molar-refractivity contribution >= 4 is 38.2 Å². The summed E-state index contributed by atoms with van der Waals surface area (Å²) < 4.78 is 0.724. The van der Waals surface area contributed by atoms with E-state index in [0.29, 0.717) is 10.9 Å². The highest BCUT2D eigenvalue weighted by Crippen LogP contribution is 2.35. The monoisotopic (exact) mass is 293 g/mol. The van der Waals surface area contributed by atoms with Gasteiger partial charge in [-0.05, 0) is 23.7 Å². The number of halogens is 1. The molecule has 0 radical (unpaired) electrons. The first kappa shape index (κ1) is 11.3. The van der Waals surface area contributed by atoms with Crippen molar-refractivity contribution in [2.45, 2.75) is 0 Å². The summed E-state index contributed by atoms with van der Waals surface area (Å²) >= 11 is 3.25. The molecule has 1 heterocycles. The lowest BCUT2D eigenvalue weighted by molar-refractivity contribution is -0.384. The molecule has 7 nitrogen and oxygen atoms in total. The molecule has 0 aliphatic heterocycles. The van der Waals surface area contributed by atoms with Gasteiger partial charge >= 0.3 is 0 Å². The van der Waals surface area contributed by atoms with Crippen LogP contribution in [0.3, 0.4) is 0 Å². The first-order chi connectivity index (χ1) is 8.13. The molecule has 1 aromatic carbocycles. The number of nitro groups is 1. The molecule has 17 heavy (non-hydrogen) atoms. The van der Waals surface area contributed by atoms with E-state index in [1.165, 1.54) is 0 Å².